The summed E-state index contributed by atoms with van der Waals surface area (Å²) in [5, 5.41) is 97.6. The summed E-state index contributed by atoms with van der Waals surface area (Å²) < 4.78 is 52.3. The van der Waals surface area contributed by atoms with Crippen molar-refractivity contribution >= 4 is 35.1 Å². The summed E-state index contributed by atoms with van der Waals surface area (Å²) in [4.78, 5) is 76.1. The second-order valence-corrected chi connectivity index (χ2v) is 24.7. The number of carbonyl (C=O) groups is 6. The van der Waals surface area contributed by atoms with Crippen molar-refractivity contribution < 1.29 is 117 Å². The number of hydrogen-bond donors (Lipinski definition) is 12. The second kappa shape index (κ2) is 45.1. The van der Waals surface area contributed by atoms with Gasteiger partial charge in [-0.1, -0.05) is 34.6 Å². The van der Waals surface area contributed by atoms with Gasteiger partial charge in [-0.2, -0.15) is 0 Å². The van der Waals surface area contributed by atoms with Gasteiger partial charge >= 0.3 is 0 Å². The molecule has 0 aliphatic carbocycles. The van der Waals surface area contributed by atoms with Crippen LogP contribution < -0.4 is 16.0 Å². The molecule has 518 valence electrons. The third-order valence-electron chi connectivity index (χ3n) is 16.3. The summed E-state index contributed by atoms with van der Waals surface area (Å²) in [6.45, 7) is 10.4. The number of rotatable bonds is 50. The van der Waals surface area contributed by atoms with Crippen molar-refractivity contribution in [1.29, 1.82) is 0 Å². The van der Waals surface area contributed by atoms with E-state index in [0.717, 1.165) is 0 Å². The first kappa shape index (κ1) is 79.9. The lowest BCUT2D eigenvalue weighted by Gasteiger charge is -2.40. The Morgan fingerprint density at radius 3 is 0.933 bits per heavy atom. The van der Waals surface area contributed by atoms with Crippen molar-refractivity contribution in [3.8, 4) is 0 Å². The number of aliphatic hydroxyl groups excluding tert-OH is 9. The minimum atomic E-state index is -1.21. The Morgan fingerprint density at radius 2 is 0.674 bits per heavy atom. The standard InChI is InChI=1S/C62H111N3O24/c1-40(2)33-62(37-81-30-21-44(69)15-12-24-63-50(72)18-6-9-27-84-59-41(3)53(75)56(78)47(34-66)87-59,38-82-31-22-45(70)16-13-25-64-51(73)19-7-10-28-85-60-42(4)54(76)57(79)48(35-67)88-60)39-83-32-23-46(71)17-14-26-65-52(74)20-8-11-29-86-61-43(5)55(77)58(80)49(36-68)89-61/h40-43,47-49,53-61,66-68,75-80H,6-39H2,1-5H3,(H,63,72)(H,64,73)(H,65,74)/t41?,42?,43?,47?,48?,49?,53-,54-,55-,56+,57+,58+,59-,60-,61-,62?/m1/s1. The predicted octanol–water partition coefficient (Wildman–Crippen LogP) is 0.422. The molecule has 3 amide bonds. The molecule has 27 nitrogen and oxygen atoms in total. The highest BCUT2D eigenvalue weighted by molar-refractivity contribution is 5.80. The molecule has 3 saturated heterocycles. The predicted molar refractivity (Wildman–Crippen MR) is 320 cm³/mol. The number of ether oxygens (including phenoxy) is 9. The van der Waals surface area contributed by atoms with Crippen LogP contribution in [0.2, 0.25) is 0 Å². The number of carbonyl (C=O) groups excluding carboxylic acids is 6. The number of aliphatic hydroxyl groups is 9. The minimum Gasteiger partial charge on any atom is -0.394 e. The summed E-state index contributed by atoms with van der Waals surface area (Å²) in [6.07, 6.45) is -5.19. The van der Waals surface area contributed by atoms with Crippen molar-refractivity contribution in [2.75, 3.05) is 98.9 Å². The Hall–Kier alpha value is -3.30. The average Bonchev–Trinajstić information content (AvgIpc) is 2.60. The molecule has 3 heterocycles. The van der Waals surface area contributed by atoms with Gasteiger partial charge in [-0.25, -0.2) is 0 Å². The van der Waals surface area contributed by atoms with Gasteiger partial charge in [0.1, 0.15) is 54.0 Å². The van der Waals surface area contributed by atoms with Crippen LogP contribution >= 0.6 is 0 Å². The van der Waals surface area contributed by atoms with E-state index in [1.807, 2.05) is 13.8 Å². The molecule has 0 aromatic carbocycles. The molecule has 89 heavy (non-hydrogen) atoms. The zero-order valence-corrected chi connectivity index (χ0v) is 53.4. The first-order chi connectivity index (χ1) is 42.6. The third-order valence-corrected chi connectivity index (χ3v) is 16.3. The van der Waals surface area contributed by atoms with E-state index in [1.165, 1.54) is 0 Å². The molecule has 12 N–H and O–H groups in total. The lowest BCUT2D eigenvalue weighted by molar-refractivity contribution is -0.282. The molecule has 15 atom stereocenters. The molecular formula is C62H111N3O24. The highest BCUT2D eigenvalue weighted by atomic mass is 16.7. The summed E-state index contributed by atoms with van der Waals surface area (Å²) in [5.74, 6) is -1.96. The van der Waals surface area contributed by atoms with Crippen LogP contribution in [-0.2, 0) is 71.4 Å². The van der Waals surface area contributed by atoms with Crippen LogP contribution in [0.5, 0.6) is 0 Å². The van der Waals surface area contributed by atoms with Crippen LogP contribution in [0.15, 0.2) is 0 Å². The van der Waals surface area contributed by atoms with Crippen molar-refractivity contribution in [3.05, 3.63) is 0 Å². The number of unbranched alkanes of at least 4 members (excludes halogenated alkanes) is 3. The number of ketones is 3. The van der Waals surface area contributed by atoms with Gasteiger partial charge in [-0.05, 0) is 70.1 Å². The second-order valence-electron chi connectivity index (χ2n) is 24.7. The van der Waals surface area contributed by atoms with Gasteiger partial charge in [0.15, 0.2) is 18.9 Å². The van der Waals surface area contributed by atoms with Crippen LogP contribution in [0.25, 0.3) is 0 Å². The molecule has 0 aromatic rings. The SMILES string of the molecule is CC(C)CC(COCCC(=O)CCCNC(=O)CCCCO[C@@H]1OC(CO)[C@H](O)[C@H](O)C1C)(COCCC(=O)CCCNC(=O)CCCCO[C@@H]1OC(CO)[C@H](O)[C@H](O)C1C)COCCC(=O)CCCNC(=O)CCCCO[C@@H]1OC(CO)[C@H](O)[C@H](O)C1C. The van der Waals surface area contributed by atoms with E-state index >= 15 is 0 Å². The molecule has 6 unspecified atom stereocenters. The normalized spacial score (nSPS) is 27.9. The fourth-order valence-corrected chi connectivity index (χ4v) is 10.8. The maximum Gasteiger partial charge on any atom is 0.219 e. The Labute approximate surface area is 525 Å². The van der Waals surface area contributed by atoms with E-state index in [4.69, 9.17) is 42.6 Å². The molecule has 0 spiro atoms. The number of nitrogens with one attached hydrogen (secondary N) is 3. The topological polar surface area (TPSA) is 404 Å². The van der Waals surface area contributed by atoms with Gasteiger partial charge in [0.25, 0.3) is 0 Å². The quantitative estimate of drug-likeness (QED) is 0.0367. The van der Waals surface area contributed by atoms with Gasteiger partial charge in [-0.15, -0.1) is 0 Å². The Bertz CT molecular complexity index is 1780. The van der Waals surface area contributed by atoms with Crippen LogP contribution in [0.3, 0.4) is 0 Å². The van der Waals surface area contributed by atoms with E-state index in [0.29, 0.717) is 83.8 Å². The molecule has 3 aliphatic rings. The minimum absolute atomic E-state index is 0.0361. The lowest BCUT2D eigenvalue weighted by Crippen LogP contribution is -2.55. The number of Topliss-reactive ketones (excluding diaryl/α,β-unsaturated/α-hetero) is 3. The largest absolute Gasteiger partial charge is 0.394 e. The van der Waals surface area contributed by atoms with Gasteiger partial charge < -0.3 is 105 Å². The Morgan fingerprint density at radius 1 is 0.393 bits per heavy atom. The first-order valence-corrected chi connectivity index (χ1v) is 32.4. The van der Waals surface area contributed by atoms with E-state index in [-0.39, 0.29) is 158 Å². The van der Waals surface area contributed by atoms with E-state index in [2.05, 4.69) is 16.0 Å². The van der Waals surface area contributed by atoms with Crippen molar-refractivity contribution in [1.82, 2.24) is 16.0 Å². The smallest absolute Gasteiger partial charge is 0.219 e. The van der Waals surface area contributed by atoms with E-state index in [9.17, 15) is 74.7 Å². The molecule has 0 bridgehead atoms. The fraction of sp³-hybridized carbons (Fsp3) is 0.903. The molecular weight excluding hydrogens is 1170 g/mol. The molecule has 0 saturated carbocycles. The van der Waals surface area contributed by atoms with Crippen LogP contribution in [0.1, 0.15) is 157 Å². The molecule has 0 aromatic heterocycles. The lowest BCUT2D eigenvalue weighted by atomic mass is 9.82. The van der Waals surface area contributed by atoms with E-state index in [1.54, 1.807) is 20.8 Å². The van der Waals surface area contributed by atoms with Crippen molar-refractivity contribution in [2.45, 2.75) is 230 Å². The number of amides is 3. The highest BCUT2D eigenvalue weighted by Crippen LogP contribution is 2.31. The number of hydrogen-bond acceptors (Lipinski definition) is 24. The van der Waals surface area contributed by atoms with Crippen LogP contribution in [0.4, 0.5) is 0 Å². The van der Waals surface area contributed by atoms with Gasteiger partial charge in [0.05, 0.1) is 77.8 Å². The zero-order chi connectivity index (χ0) is 65.7. The van der Waals surface area contributed by atoms with E-state index < -0.39 is 117 Å². The summed E-state index contributed by atoms with van der Waals surface area (Å²) >= 11 is 0. The highest BCUT2D eigenvalue weighted by Gasteiger charge is 2.45. The van der Waals surface area contributed by atoms with Gasteiger partial charge in [-0.3, -0.25) is 28.8 Å². The fourth-order valence-electron chi connectivity index (χ4n) is 10.8. The summed E-state index contributed by atoms with van der Waals surface area (Å²) in [6, 6.07) is 0. The Kier molecular flexibility index (Phi) is 40.5. The van der Waals surface area contributed by atoms with Crippen molar-refractivity contribution in [3.63, 3.8) is 0 Å². The van der Waals surface area contributed by atoms with Crippen LogP contribution in [0, 0.1) is 29.1 Å². The first-order valence-electron chi connectivity index (χ1n) is 32.4. The molecule has 27 heteroatoms. The summed E-state index contributed by atoms with van der Waals surface area (Å²) in [5.41, 5.74) is -0.697. The molecule has 0 radical (unpaired) electrons. The molecule has 3 rings (SSSR count). The maximum absolute atomic E-state index is 12.9. The van der Waals surface area contributed by atoms with Crippen molar-refractivity contribution in [2.24, 2.45) is 29.1 Å². The third kappa shape index (κ3) is 31.0. The molecule has 3 aliphatic heterocycles. The Balaban J connectivity index is 1.38. The van der Waals surface area contributed by atoms with Crippen LogP contribution in [-0.4, -0.2) is 254 Å². The molecule has 3 fully saturated rings. The monoisotopic (exact) mass is 1280 g/mol. The summed E-state index contributed by atoms with van der Waals surface area (Å²) in [7, 11) is 0. The van der Waals surface area contributed by atoms with Gasteiger partial charge in [0, 0.05) is 120 Å². The maximum atomic E-state index is 12.9. The van der Waals surface area contributed by atoms with Gasteiger partial charge in [0.2, 0.25) is 17.7 Å². The average molecular weight is 1280 g/mol. The zero-order valence-electron chi connectivity index (χ0n) is 53.4.